The number of benzene rings is 3. The summed E-state index contributed by atoms with van der Waals surface area (Å²) in [7, 11) is 0. The molecule has 2 amide bonds. The third-order valence-corrected chi connectivity index (χ3v) is 5.89. The van der Waals surface area contributed by atoms with E-state index in [4.69, 9.17) is 16.7 Å². The summed E-state index contributed by atoms with van der Waals surface area (Å²) in [6, 6.07) is 15.4. The first-order valence-corrected chi connectivity index (χ1v) is 11.6. The number of nitrogens with one attached hydrogen (secondary N) is 1. The first kappa shape index (κ1) is 27.1. The number of carboxylic acid groups (broad SMARTS) is 1. The van der Waals surface area contributed by atoms with Crippen molar-refractivity contribution in [2.24, 2.45) is 0 Å². The molecule has 0 radical (unpaired) electrons. The Morgan fingerprint density at radius 2 is 1.69 bits per heavy atom. The third-order valence-electron chi connectivity index (χ3n) is 5.63. The fourth-order valence-corrected chi connectivity index (χ4v) is 3.97. The molecule has 0 atom stereocenters. The Bertz CT molecular complexity index is 1240. The van der Waals surface area contributed by atoms with Crippen molar-refractivity contribution in [2.75, 3.05) is 6.54 Å². The third kappa shape index (κ3) is 7.24. The van der Waals surface area contributed by atoms with Crippen LogP contribution in [-0.2, 0) is 30.5 Å². The second kappa shape index (κ2) is 11.5. The van der Waals surface area contributed by atoms with Crippen molar-refractivity contribution in [3.8, 4) is 11.1 Å². The van der Waals surface area contributed by atoms with Gasteiger partial charge in [-0.1, -0.05) is 53.6 Å². The molecule has 3 aromatic rings. The number of hydrogen-bond donors (Lipinski definition) is 2. The fourth-order valence-electron chi connectivity index (χ4n) is 3.85. The quantitative estimate of drug-likeness (QED) is 0.349. The maximum atomic E-state index is 13.6. The minimum atomic E-state index is -4.63. The highest BCUT2D eigenvalue weighted by Crippen LogP contribution is 2.35. The van der Waals surface area contributed by atoms with Crippen molar-refractivity contribution >= 4 is 23.6 Å². The first-order valence-electron chi connectivity index (χ1n) is 11.3. The van der Waals surface area contributed by atoms with Crippen molar-refractivity contribution in [3.05, 3.63) is 93.5 Å². The predicted molar refractivity (Wildman–Crippen MR) is 133 cm³/mol. The van der Waals surface area contributed by atoms with Gasteiger partial charge in [0, 0.05) is 24.7 Å². The lowest BCUT2D eigenvalue weighted by Gasteiger charge is -2.24. The molecular weight excluding hydrogens is 493 g/mol. The van der Waals surface area contributed by atoms with Gasteiger partial charge in [-0.05, 0) is 65.9 Å². The highest BCUT2D eigenvalue weighted by Gasteiger charge is 2.31. The van der Waals surface area contributed by atoms with Crippen LogP contribution in [0.3, 0.4) is 0 Å². The molecule has 36 heavy (non-hydrogen) atoms. The second-order valence-corrected chi connectivity index (χ2v) is 8.88. The summed E-state index contributed by atoms with van der Waals surface area (Å²) < 4.78 is 40.7. The Morgan fingerprint density at radius 3 is 2.31 bits per heavy atom. The van der Waals surface area contributed by atoms with Crippen LogP contribution in [-0.4, -0.2) is 28.6 Å². The molecule has 0 aliphatic carbocycles. The molecule has 9 heteroatoms. The average Bonchev–Trinajstić information content (AvgIpc) is 2.81. The highest BCUT2D eigenvalue weighted by atomic mass is 35.5. The maximum Gasteiger partial charge on any atom is 0.416 e. The van der Waals surface area contributed by atoms with Crippen LogP contribution in [0.1, 0.15) is 34.7 Å². The van der Waals surface area contributed by atoms with E-state index in [0.29, 0.717) is 29.2 Å². The summed E-state index contributed by atoms with van der Waals surface area (Å²) in [5, 5.41) is 12.6. The zero-order chi connectivity index (χ0) is 26.5. The summed E-state index contributed by atoms with van der Waals surface area (Å²) in [5.74, 6) is -1.22. The number of carbonyl (C=O) groups excluding carboxylic acids is 1. The largest absolute Gasteiger partial charge is 0.481 e. The molecule has 0 fully saturated rings. The van der Waals surface area contributed by atoms with Crippen LogP contribution in [0.2, 0.25) is 5.02 Å². The molecular formula is C27H26ClF3N2O3. The topological polar surface area (TPSA) is 69.6 Å². The summed E-state index contributed by atoms with van der Waals surface area (Å²) in [5.41, 5.74) is 2.27. The number of carboxylic acids is 1. The van der Waals surface area contributed by atoms with E-state index in [-0.39, 0.29) is 23.7 Å². The van der Waals surface area contributed by atoms with E-state index in [0.717, 1.165) is 23.3 Å². The zero-order valence-corrected chi connectivity index (χ0v) is 20.6. The molecule has 0 aliphatic rings. The Morgan fingerprint density at radius 1 is 1.00 bits per heavy atom. The van der Waals surface area contributed by atoms with Gasteiger partial charge in [0.1, 0.15) is 0 Å². The monoisotopic (exact) mass is 518 g/mol. The van der Waals surface area contributed by atoms with Crippen molar-refractivity contribution in [2.45, 2.75) is 39.5 Å². The number of carbonyl (C=O) groups is 2. The van der Waals surface area contributed by atoms with Gasteiger partial charge in [0.05, 0.1) is 12.0 Å². The number of urea groups is 1. The zero-order valence-electron chi connectivity index (χ0n) is 19.8. The smallest absolute Gasteiger partial charge is 0.416 e. The van der Waals surface area contributed by atoms with Gasteiger partial charge in [0.15, 0.2) is 0 Å². The molecule has 0 unspecified atom stereocenters. The number of amides is 2. The lowest BCUT2D eigenvalue weighted by Crippen LogP contribution is -2.39. The van der Waals surface area contributed by atoms with Gasteiger partial charge in [-0.3, -0.25) is 4.79 Å². The van der Waals surface area contributed by atoms with E-state index in [1.165, 1.54) is 6.07 Å². The van der Waals surface area contributed by atoms with Crippen molar-refractivity contribution in [3.63, 3.8) is 0 Å². The number of nitrogens with zero attached hydrogens (tertiary/aromatic N) is 1. The normalized spacial score (nSPS) is 11.3. The molecule has 0 bridgehead atoms. The van der Waals surface area contributed by atoms with Crippen LogP contribution in [0.25, 0.3) is 11.1 Å². The molecule has 2 N–H and O–H groups in total. The first-order chi connectivity index (χ1) is 17.0. The molecule has 0 saturated carbocycles. The van der Waals surface area contributed by atoms with Gasteiger partial charge < -0.3 is 15.3 Å². The summed E-state index contributed by atoms with van der Waals surface area (Å²) in [6.07, 6.45) is -5.17. The SMILES string of the molecule is CCN(Cc1cc(C)ccc1-c1cc(CC(=O)O)cc(C(F)(F)F)c1)C(=O)NCc1ccc(Cl)cc1. The Labute approximate surface area is 212 Å². The Balaban J connectivity index is 1.91. The van der Waals surface area contributed by atoms with Crippen LogP contribution < -0.4 is 5.32 Å². The maximum absolute atomic E-state index is 13.6. The average molecular weight is 519 g/mol. The predicted octanol–water partition coefficient (Wildman–Crippen LogP) is 6.69. The van der Waals surface area contributed by atoms with E-state index in [2.05, 4.69) is 5.32 Å². The van der Waals surface area contributed by atoms with Crippen LogP contribution in [0.5, 0.6) is 0 Å². The number of aliphatic carboxylic acids is 1. The van der Waals surface area contributed by atoms with Gasteiger partial charge in [0.2, 0.25) is 0 Å². The van der Waals surface area contributed by atoms with Crippen LogP contribution >= 0.6 is 11.6 Å². The van der Waals surface area contributed by atoms with E-state index >= 15 is 0 Å². The highest BCUT2D eigenvalue weighted by molar-refractivity contribution is 6.30. The van der Waals surface area contributed by atoms with Gasteiger partial charge >= 0.3 is 18.2 Å². The lowest BCUT2D eigenvalue weighted by molar-refractivity contribution is -0.138. The van der Waals surface area contributed by atoms with Crippen molar-refractivity contribution in [1.82, 2.24) is 10.2 Å². The molecule has 0 spiro atoms. The fraction of sp³-hybridized carbons (Fsp3) is 0.259. The molecule has 190 valence electrons. The lowest BCUT2D eigenvalue weighted by atomic mass is 9.93. The van der Waals surface area contributed by atoms with Crippen LogP contribution in [0.15, 0.2) is 60.7 Å². The number of rotatable bonds is 8. The molecule has 0 saturated heterocycles. The minimum absolute atomic E-state index is 0.0481. The summed E-state index contributed by atoms with van der Waals surface area (Å²) >= 11 is 5.90. The van der Waals surface area contributed by atoms with E-state index in [1.807, 2.05) is 19.9 Å². The van der Waals surface area contributed by atoms with E-state index in [9.17, 15) is 22.8 Å². The van der Waals surface area contributed by atoms with Gasteiger partial charge in [-0.15, -0.1) is 0 Å². The van der Waals surface area contributed by atoms with Crippen molar-refractivity contribution in [1.29, 1.82) is 0 Å². The minimum Gasteiger partial charge on any atom is -0.481 e. The van der Waals surface area contributed by atoms with Gasteiger partial charge in [-0.2, -0.15) is 13.2 Å². The molecule has 3 aromatic carbocycles. The molecule has 0 aromatic heterocycles. The van der Waals surface area contributed by atoms with E-state index in [1.54, 1.807) is 41.3 Å². The molecule has 5 nitrogen and oxygen atoms in total. The Hall–Kier alpha value is -3.52. The second-order valence-electron chi connectivity index (χ2n) is 8.45. The molecule has 3 rings (SSSR count). The molecule has 0 aliphatic heterocycles. The van der Waals surface area contributed by atoms with Crippen LogP contribution in [0.4, 0.5) is 18.0 Å². The number of hydrogen-bond acceptors (Lipinski definition) is 2. The number of aryl methyl sites for hydroxylation is 1. The van der Waals surface area contributed by atoms with Crippen LogP contribution in [0, 0.1) is 6.92 Å². The van der Waals surface area contributed by atoms with Gasteiger partial charge in [0.25, 0.3) is 0 Å². The van der Waals surface area contributed by atoms with E-state index < -0.39 is 24.1 Å². The summed E-state index contributed by atoms with van der Waals surface area (Å²) in [4.78, 5) is 25.6. The van der Waals surface area contributed by atoms with Gasteiger partial charge in [-0.25, -0.2) is 4.79 Å². The molecule has 0 heterocycles. The summed E-state index contributed by atoms with van der Waals surface area (Å²) in [6.45, 7) is 4.48. The number of alkyl halides is 3. The van der Waals surface area contributed by atoms with Crippen molar-refractivity contribution < 1.29 is 27.9 Å². The Kier molecular flexibility index (Phi) is 8.63. The number of halogens is 4. The standard InChI is InChI=1S/C27H26ClF3N2O3/c1-3-33(26(36)32-15-18-5-7-23(28)8-6-18)16-21-10-17(2)4-9-24(21)20-11-19(13-25(34)35)12-22(14-20)27(29,30)31/h4-12,14H,3,13,15-16H2,1-2H3,(H,32,36)(H,34,35).